The van der Waals surface area contributed by atoms with Crippen LogP contribution in [0.2, 0.25) is 0 Å². The molecule has 1 saturated carbocycles. The van der Waals surface area contributed by atoms with Gasteiger partial charge in [0.15, 0.2) is 5.65 Å². The lowest BCUT2D eigenvalue weighted by Gasteiger charge is -2.15. The molecule has 2 aliphatic rings. The first kappa shape index (κ1) is 13.7. The zero-order valence-corrected chi connectivity index (χ0v) is 13.1. The van der Waals surface area contributed by atoms with E-state index in [1.165, 1.54) is 18.4 Å². The zero-order valence-electron chi connectivity index (χ0n) is 13.1. The van der Waals surface area contributed by atoms with Crippen LogP contribution in [0.5, 0.6) is 0 Å². The first-order valence-electron chi connectivity index (χ1n) is 8.09. The number of nitrogens with one attached hydrogen (secondary N) is 3. The Morgan fingerprint density at radius 3 is 2.64 bits per heavy atom. The SMILES string of the molecule is Cc1cc(C)c2c(NC3CC3)nc(NC3CCNC3)nc2n1. The molecule has 1 unspecified atom stereocenters. The summed E-state index contributed by atoms with van der Waals surface area (Å²) in [6.45, 7) is 6.13. The number of nitrogens with zero attached hydrogens (tertiary/aromatic N) is 3. The van der Waals surface area contributed by atoms with Gasteiger partial charge in [0.2, 0.25) is 5.95 Å². The van der Waals surface area contributed by atoms with Crippen LogP contribution in [0.15, 0.2) is 6.07 Å². The number of fused-ring (bicyclic) bond motifs is 1. The third-order valence-corrected chi connectivity index (χ3v) is 4.30. The van der Waals surface area contributed by atoms with Crippen LogP contribution < -0.4 is 16.0 Å². The Hall–Kier alpha value is -1.95. The first-order chi connectivity index (χ1) is 10.7. The van der Waals surface area contributed by atoms with Crippen molar-refractivity contribution in [3.8, 4) is 0 Å². The Bertz CT molecular complexity index is 703. The van der Waals surface area contributed by atoms with Crippen LogP contribution in [0, 0.1) is 13.8 Å². The third-order valence-electron chi connectivity index (χ3n) is 4.30. The van der Waals surface area contributed by atoms with Crippen LogP contribution in [-0.2, 0) is 0 Å². The second kappa shape index (κ2) is 5.35. The van der Waals surface area contributed by atoms with Crippen molar-refractivity contribution in [1.29, 1.82) is 0 Å². The number of hydrogen-bond acceptors (Lipinski definition) is 6. The van der Waals surface area contributed by atoms with Crippen molar-refractivity contribution in [3.63, 3.8) is 0 Å². The highest BCUT2D eigenvalue weighted by atomic mass is 15.2. The Kier molecular flexibility index (Phi) is 3.33. The molecule has 0 aromatic carbocycles. The topological polar surface area (TPSA) is 74.8 Å². The van der Waals surface area contributed by atoms with Crippen molar-refractivity contribution in [1.82, 2.24) is 20.3 Å². The van der Waals surface area contributed by atoms with E-state index >= 15 is 0 Å². The average molecular weight is 298 g/mol. The van der Waals surface area contributed by atoms with Gasteiger partial charge in [0, 0.05) is 24.3 Å². The molecule has 0 spiro atoms. The number of hydrogen-bond donors (Lipinski definition) is 3. The van der Waals surface area contributed by atoms with E-state index < -0.39 is 0 Å². The highest BCUT2D eigenvalue weighted by Crippen LogP contribution is 2.30. The van der Waals surface area contributed by atoms with E-state index in [4.69, 9.17) is 4.98 Å². The molecule has 2 aromatic rings. The molecule has 2 fully saturated rings. The number of aromatic nitrogens is 3. The second-order valence-corrected chi connectivity index (χ2v) is 6.43. The molecule has 1 aliphatic carbocycles. The molecule has 3 N–H and O–H groups in total. The van der Waals surface area contributed by atoms with Gasteiger partial charge in [0.25, 0.3) is 0 Å². The normalized spacial score (nSPS) is 21.3. The fourth-order valence-corrected chi connectivity index (χ4v) is 3.03. The molecule has 0 bridgehead atoms. The molecule has 0 amide bonds. The fourth-order valence-electron chi connectivity index (χ4n) is 3.03. The number of pyridine rings is 1. The molecule has 1 atom stereocenters. The van der Waals surface area contributed by atoms with E-state index in [0.717, 1.165) is 42.1 Å². The van der Waals surface area contributed by atoms with Gasteiger partial charge in [-0.3, -0.25) is 0 Å². The van der Waals surface area contributed by atoms with Crippen molar-refractivity contribution in [2.45, 2.75) is 45.2 Å². The molecular weight excluding hydrogens is 276 g/mol. The summed E-state index contributed by atoms with van der Waals surface area (Å²) in [7, 11) is 0. The van der Waals surface area contributed by atoms with E-state index in [0.29, 0.717) is 18.0 Å². The smallest absolute Gasteiger partial charge is 0.226 e. The van der Waals surface area contributed by atoms with Crippen LogP contribution in [0.25, 0.3) is 11.0 Å². The van der Waals surface area contributed by atoms with Gasteiger partial charge >= 0.3 is 0 Å². The Morgan fingerprint density at radius 2 is 1.91 bits per heavy atom. The average Bonchev–Trinajstić information content (AvgIpc) is 3.11. The lowest BCUT2D eigenvalue weighted by atomic mass is 10.1. The van der Waals surface area contributed by atoms with Crippen molar-refractivity contribution in [2.24, 2.45) is 0 Å². The standard InChI is InChI=1S/C16H22N6/c1-9-7-10(2)18-14-13(9)15(19-11-3-4-11)22-16(21-14)20-12-5-6-17-8-12/h7,11-12,17H,3-6,8H2,1-2H3,(H2,18,19,20,21,22). The van der Waals surface area contributed by atoms with Gasteiger partial charge in [-0.1, -0.05) is 0 Å². The Labute approximate surface area is 130 Å². The van der Waals surface area contributed by atoms with E-state index in [-0.39, 0.29) is 0 Å². The molecule has 1 aliphatic heterocycles. The van der Waals surface area contributed by atoms with Crippen LogP contribution >= 0.6 is 0 Å². The van der Waals surface area contributed by atoms with E-state index in [1.54, 1.807) is 0 Å². The van der Waals surface area contributed by atoms with Crippen molar-refractivity contribution in [2.75, 3.05) is 23.7 Å². The maximum absolute atomic E-state index is 4.73. The molecule has 116 valence electrons. The van der Waals surface area contributed by atoms with Crippen molar-refractivity contribution < 1.29 is 0 Å². The van der Waals surface area contributed by atoms with Gasteiger partial charge in [-0.05, 0) is 51.3 Å². The molecule has 6 heteroatoms. The first-order valence-corrected chi connectivity index (χ1v) is 8.09. The van der Waals surface area contributed by atoms with Crippen LogP contribution in [-0.4, -0.2) is 40.1 Å². The van der Waals surface area contributed by atoms with E-state index in [2.05, 4.69) is 38.9 Å². The summed E-state index contributed by atoms with van der Waals surface area (Å²) in [5.41, 5.74) is 2.96. The molecule has 2 aromatic heterocycles. The summed E-state index contributed by atoms with van der Waals surface area (Å²) in [6.07, 6.45) is 3.55. The maximum atomic E-state index is 4.73. The van der Waals surface area contributed by atoms with Crippen molar-refractivity contribution >= 4 is 22.8 Å². The molecule has 0 radical (unpaired) electrons. The lowest BCUT2D eigenvalue weighted by molar-refractivity contribution is 0.781. The minimum Gasteiger partial charge on any atom is -0.367 e. The van der Waals surface area contributed by atoms with Gasteiger partial charge in [-0.15, -0.1) is 0 Å². The molecule has 6 nitrogen and oxygen atoms in total. The number of anilines is 2. The quantitative estimate of drug-likeness (QED) is 0.801. The van der Waals surface area contributed by atoms with Crippen molar-refractivity contribution in [3.05, 3.63) is 17.3 Å². The van der Waals surface area contributed by atoms with Gasteiger partial charge in [0.1, 0.15) is 5.82 Å². The summed E-state index contributed by atoms with van der Waals surface area (Å²) in [5, 5.41) is 11.4. The number of rotatable bonds is 4. The highest BCUT2D eigenvalue weighted by molar-refractivity contribution is 5.90. The lowest BCUT2D eigenvalue weighted by Crippen LogP contribution is -2.23. The van der Waals surface area contributed by atoms with E-state index in [9.17, 15) is 0 Å². The molecule has 4 rings (SSSR count). The molecule has 22 heavy (non-hydrogen) atoms. The predicted octanol–water partition coefficient (Wildman–Crippen LogP) is 1.99. The summed E-state index contributed by atoms with van der Waals surface area (Å²) in [5.74, 6) is 1.60. The van der Waals surface area contributed by atoms with Crippen LogP contribution in [0.4, 0.5) is 11.8 Å². The summed E-state index contributed by atoms with van der Waals surface area (Å²) in [4.78, 5) is 14.0. The summed E-state index contributed by atoms with van der Waals surface area (Å²) >= 11 is 0. The Morgan fingerprint density at radius 1 is 1.05 bits per heavy atom. The largest absolute Gasteiger partial charge is 0.367 e. The number of aryl methyl sites for hydroxylation is 2. The molecular formula is C16H22N6. The minimum atomic E-state index is 0.400. The Balaban J connectivity index is 1.76. The van der Waals surface area contributed by atoms with Gasteiger partial charge in [-0.2, -0.15) is 9.97 Å². The molecule has 3 heterocycles. The summed E-state index contributed by atoms with van der Waals surface area (Å²) < 4.78 is 0. The van der Waals surface area contributed by atoms with Gasteiger partial charge < -0.3 is 16.0 Å². The highest BCUT2D eigenvalue weighted by Gasteiger charge is 2.24. The predicted molar refractivity (Wildman–Crippen MR) is 88.3 cm³/mol. The summed E-state index contributed by atoms with van der Waals surface area (Å²) in [6, 6.07) is 3.05. The van der Waals surface area contributed by atoms with Gasteiger partial charge in [-0.25, -0.2) is 4.98 Å². The van der Waals surface area contributed by atoms with Crippen LogP contribution in [0.3, 0.4) is 0 Å². The van der Waals surface area contributed by atoms with E-state index in [1.807, 2.05) is 6.92 Å². The van der Waals surface area contributed by atoms with Crippen LogP contribution in [0.1, 0.15) is 30.5 Å². The van der Waals surface area contributed by atoms with Gasteiger partial charge in [0.05, 0.1) is 5.39 Å². The monoisotopic (exact) mass is 298 g/mol. The molecule has 1 saturated heterocycles. The second-order valence-electron chi connectivity index (χ2n) is 6.43. The minimum absolute atomic E-state index is 0.400. The fraction of sp³-hybridized carbons (Fsp3) is 0.562. The zero-order chi connectivity index (χ0) is 15.1. The maximum Gasteiger partial charge on any atom is 0.226 e. The third kappa shape index (κ3) is 2.70.